The molecule has 1 aliphatic rings. The van der Waals surface area contributed by atoms with Crippen molar-refractivity contribution in [3.05, 3.63) is 53.6 Å². The minimum Gasteiger partial charge on any atom is -0.497 e. The third-order valence-corrected chi connectivity index (χ3v) is 4.56. The lowest BCUT2D eigenvalue weighted by Crippen LogP contribution is -2.36. The molecule has 1 aliphatic heterocycles. The number of rotatable bonds is 9. The number of aliphatic hydroxyl groups excluding tert-OH is 1. The molecule has 0 amide bonds. The molecule has 29 heavy (non-hydrogen) atoms. The van der Waals surface area contributed by atoms with Crippen LogP contribution in [0.25, 0.3) is 0 Å². The summed E-state index contributed by atoms with van der Waals surface area (Å²) in [4.78, 5) is 2.20. The van der Waals surface area contributed by atoms with Gasteiger partial charge >= 0.3 is 0 Å². The Hall–Kier alpha value is -2.28. The summed E-state index contributed by atoms with van der Waals surface area (Å²) in [5.41, 5.74) is 1.94. The summed E-state index contributed by atoms with van der Waals surface area (Å²) in [5, 5.41) is 10.6. The smallest absolute Gasteiger partial charge is 0.231 e. The fraction of sp³-hybridized carbons (Fsp3) is 0.478. The Morgan fingerprint density at radius 2 is 1.76 bits per heavy atom. The van der Waals surface area contributed by atoms with E-state index in [9.17, 15) is 5.11 Å². The normalized spacial score (nSPS) is 14.3. The van der Waals surface area contributed by atoms with Crippen molar-refractivity contribution < 1.29 is 24.1 Å². The maximum absolute atomic E-state index is 10.6. The molecule has 158 valence electrons. The van der Waals surface area contributed by atoms with Crippen LogP contribution in [-0.4, -0.2) is 48.8 Å². The zero-order valence-electron chi connectivity index (χ0n) is 17.7. The van der Waals surface area contributed by atoms with Crippen molar-refractivity contribution in [1.82, 2.24) is 4.90 Å². The van der Waals surface area contributed by atoms with Crippen molar-refractivity contribution in [3.8, 4) is 17.2 Å². The Morgan fingerprint density at radius 1 is 1.03 bits per heavy atom. The number of nitrogens with zero attached hydrogens (tertiary/aromatic N) is 1. The molecular formula is C23H31NO5. The van der Waals surface area contributed by atoms with Gasteiger partial charge in [0.05, 0.1) is 25.4 Å². The van der Waals surface area contributed by atoms with Gasteiger partial charge in [-0.05, 0) is 56.2 Å². The third kappa shape index (κ3) is 6.63. The van der Waals surface area contributed by atoms with Crippen LogP contribution in [0.15, 0.2) is 42.5 Å². The molecule has 6 heteroatoms. The second-order valence-corrected chi connectivity index (χ2v) is 8.29. The van der Waals surface area contributed by atoms with Crippen LogP contribution in [0.3, 0.4) is 0 Å². The van der Waals surface area contributed by atoms with Crippen LogP contribution < -0.4 is 14.2 Å². The van der Waals surface area contributed by atoms with Gasteiger partial charge in [-0.25, -0.2) is 0 Å². The largest absolute Gasteiger partial charge is 0.497 e. The average Bonchev–Trinajstić information content (AvgIpc) is 3.14. The van der Waals surface area contributed by atoms with Crippen LogP contribution in [0.1, 0.15) is 31.9 Å². The van der Waals surface area contributed by atoms with E-state index in [1.807, 2.05) is 57.2 Å². The van der Waals surface area contributed by atoms with E-state index in [2.05, 4.69) is 11.0 Å². The molecule has 0 fully saturated rings. The first kappa shape index (κ1) is 21.4. The predicted molar refractivity (Wildman–Crippen MR) is 111 cm³/mol. The van der Waals surface area contributed by atoms with E-state index in [0.29, 0.717) is 26.2 Å². The minimum absolute atomic E-state index is 0.259. The van der Waals surface area contributed by atoms with Crippen molar-refractivity contribution in [2.75, 3.05) is 27.1 Å². The Morgan fingerprint density at radius 3 is 2.48 bits per heavy atom. The Balaban J connectivity index is 1.71. The van der Waals surface area contributed by atoms with Crippen LogP contribution in [0, 0.1) is 0 Å². The number of benzene rings is 2. The molecule has 0 spiro atoms. The summed E-state index contributed by atoms with van der Waals surface area (Å²) in [7, 11) is 1.66. The fourth-order valence-electron chi connectivity index (χ4n) is 3.21. The maximum atomic E-state index is 10.6. The molecule has 6 nitrogen and oxygen atoms in total. The van der Waals surface area contributed by atoms with Crippen LogP contribution in [-0.2, 0) is 17.8 Å². The number of hydrogen-bond donors (Lipinski definition) is 1. The van der Waals surface area contributed by atoms with E-state index in [0.717, 1.165) is 28.4 Å². The molecule has 0 radical (unpaired) electrons. The lowest BCUT2D eigenvalue weighted by atomic mass is 10.1. The Bertz CT molecular complexity index is 802. The van der Waals surface area contributed by atoms with E-state index in [4.69, 9.17) is 18.9 Å². The second-order valence-electron chi connectivity index (χ2n) is 8.29. The highest BCUT2D eigenvalue weighted by Gasteiger charge is 2.19. The lowest BCUT2D eigenvalue weighted by molar-refractivity contribution is -0.0572. The summed E-state index contributed by atoms with van der Waals surface area (Å²) in [5.74, 6) is 2.36. The Labute approximate surface area is 173 Å². The summed E-state index contributed by atoms with van der Waals surface area (Å²) in [6, 6.07) is 13.9. The molecule has 1 unspecified atom stereocenters. The average molecular weight is 402 g/mol. The van der Waals surface area contributed by atoms with Crippen LogP contribution >= 0.6 is 0 Å². The minimum atomic E-state index is -0.589. The van der Waals surface area contributed by atoms with Gasteiger partial charge in [-0.2, -0.15) is 0 Å². The number of hydrogen-bond acceptors (Lipinski definition) is 6. The SMILES string of the molecule is COc1cccc(CN(Cc2ccc3c(c2)OCO3)CC(O)COC(C)(C)C)c1. The highest BCUT2D eigenvalue weighted by atomic mass is 16.7. The van der Waals surface area contributed by atoms with E-state index in [1.165, 1.54) is 0 Å². The van der Waals surface area contributed by atoms with Crippen molar-refractivity contribution in [2.24, 2.45) is 0 Å². The van der Waals surface area contributed by atoms with Gasteiger partial charge in [0.2, 0.25) is 6.79 Å². The molecule has 1 N–H and O–H groups in total. The van der Waals surface area contributed by atoms with Gasteiger partial charge < -0.3 is 24.1 Å². The zero-order valence-corrected chi connectivity index (χ0v) is 17.7. The topological polar surface area (TPSA) is 60.4 Å². The van der Waals surface area contributed by atoms with Crippen molar-refractivity contribution in [2.45, 2.75) is 45.6 Å². The van der Waals surface area contributed by atoms with E-state index in [1.54, 1.807) is 7.11 Å². The van der Waals surface area contributed by atoms with Crippen molar-refractivity contribution in [3.63, 3.8) is 0 Å². The van der Waals surface area contributed by atoms with E-state index >= 15 is 0 Å². The Kier molecular flexibility index (Phi) is 7.00. The first-order valence-corrected chi connectivity index (χ1v) is 9.88. The van der Waals surface area contributed by atoms with Crippen LogP contribution in [0.4, 0.5) is 0 Å². The van der Waals surface area contributed by atoms with E-state index in [-0.39, 0.29) is 12.4 Å². The first-order valence-electron chi connectivity index (χ1n) is 9.88. The molecule has 0 aromatic heterocycles. The van der Waals surface area contributed by atoms with Crippen molar-refractivity contribution in [1.29, 1.82) is 0 Å². The molecule has 2 aromatic carbocycles. The molecule has 0 bridgehead atoms. The molecule has 2 aromatic rings. The highest BCUT2D eigenvalue weighted by molar-refractivity contribution is 5.44. The molecule has 1 atom stereocenters. The van der Waals surface area contributed by atoms with Gasteiger partial charge in [0.15, 0.2) is 11.5 Å². The molecule has 0 aliphatic carbocycles. The number of fused-ring (bicyclic) bond motifs is 1. The van der Waals surface area contributed by atoms with Crippen LogP contribution in [0.2, 0.25) is 0 Å². The quantitative estimate of drug-likeness (QED) is 0.693. The summed E-state index contributed by atoms with van der Waals surface area (Å²) >= 11 is 0. The van der Waals surface area contributed by atoms with Gasteiger partial charge in [0, 0.05) is 19.6 Å². The van der Waals surface area contributed by atoms with Gasteiger partial charge in [-0.3, -0.25) is 4.90 Å². The number of methoxy groups -OCH3 is 1. The van der Waals surface area contributed by atoms with Crippen molar-refractivity contribution >= 4 is 0 Å². The third-order valence-electron chi connectivity index (χ3n) is 4.56. The monoisotopic (exact) mass is 401 g/mol. The zero-order chi connectivity index (χ0) is 20.9. The van der Waals surface area contributed by atoms with Gasteiger partial charge in [0.1, 0.15) is 5.75 Å². The standard InChI is InChI=1S/C23H31NO5/c1-23(2,3)29-15-19(25)14-24(12-17-6-5-7-20(10-17)26-4)13-18-8-9-21-22(11-18)28-16-27-21/h5-11,19,25H,12-16H2,1-4H3. The molecule has 1 heterocycles. The predicted octanol–water partition coefficient (Wildman–Crippen LogP) is 3.60. The number of ether oxygens (including phenoxy) is 4. The van der Waals surface area contributed by atoms with Crippen LogP contribution in [0.5, 0.6) is 17.2 Å². The van der Waals surface area contributed by atoms with E-state index < -0.39 is 6.10 Å². The van der Waals surface area contributed by atoms with Gasteiger partial charge in [-0.15, -0.1) is 0 Å². The number of aliphatic hydroxyl groups is 1. The summed E-state index contributed by atoms with van der Waals surface area (Å²) in [6.45, 7) is 8.34. The summed E-state index contributed by atoms with van der Waals surface area (Å²) < 4.78 is 22.0. The first-order chi connectivity index (χ1) is 13.8. The second kappa shape index (κ2) is 9.48. The molecule has 0 saturated heterocycles. The van der Waals surface area contributed by atoms with Gasteiger partial charge in [0.25, 0.3) is 0 Å². The highest BCUT2D eigenvalue weighted by Crippen LogP contribution is 2.33. The maximum Gasteiger partial charge on any atom is 0.231 e. The molecular weight excluding hydrogens is 370 g/mol. The molecule has 0 saturated carbocycles. The molecule has 3 rings (SSSR count). The fourth-order valence-corrected chi connectivity index (χ4v) is 3.21. The van der Waals surface area contributed by atoms with Gasteiger partial charge in [-0.1, -0.05) is 18.2 Å². The summed E-state index contributed by atoms with van der Waals surface area (Å²) in [6.07, 6.45) is -0.589. The lowest BCUT2D eigenvalue weighted by Gasteiger charge is -2.27.